The average molecular weight is 294 g/mol. The SMILES string of the molecule is CN(Cc1ccc(F)cc1F)C(=O)c1cccc(F)c1N. The van der Waals surface area contributed by atoms with Crippen LogP contribution in [0.5, 0.6) is 0 Å². The molecule has 0 aliphatic carbocycles. The van der Waals surface area contributed by atoms with E-state index in [1.807, 2.05) is 0 Å². The highest BCUT2D eigenvalue weighted by Gasteiger charge is 2.18. The number of nitrogen functional groups attached to an aromatic ring is 1. The molecule has 0 bridgehead atoms. The number of anilines is 1. The van der Waals surface area contributed by atoms with Crippen LogP contribution in [0.25, 0.3) is 0 Å². The molecule has 0 aliphatic heterocycles. The maximum atomic E-state index is 13.6. The Morgan fingerprint density at radius 3 is 2.52 bits per heavy atom. The number of amides is 1. The Hall–Kier alpha value is -2.50. The van der Waals surface area contributed by atoms with Crippen molar-refractivity contribution in [2.45, 2.75) is 6.54 Å². The lowest BCUT2D eigenvalue weighted by Crippen LogP contribution is -2.27. The fourth-order valence-electron chi connectivity index (χ4n) is 1.91. The maximum absolute atomic E-state index is 13.6. The largest absolute Gasteiger partial charge is 0.396 e. The third-order valence-electron chi connectivity index (χ3n) is 3.05. The van der Waals surface area contributed by atoms with Gasteiger partial charge in [-0.3, -0.25) is 4.79 Å². The van der Waals surface area contributed by atoms with Crippen molar-refractivity contribution in [1.82, 2.24) is 4.90 Å². The fourth-order valence-corrected chi connectivity index (χ4v) is 1.91. The van der Waals surface area contributed by atoms with Gasteiger partial charge >= 0.3 is 0 Å². The van der Waals surface area contributed by atoms with Crippen molar-refractivity contribution in [2.75, 3.05) is 12.8 Å². The van der Waals surface area contributed by atoms with Crippen molar-refractivity contribution < 1.29 is 18.0 Å². The fraction of sp³-hybridized carbons (Fsp3) is 0.133. The van der Waals surface area contributed by atoms with Gasteiger partial charge in [-0.15, -0.1) is 0 Å². The first-order valence-electron chi connectivity index (χ1n) is 6.13. The van der Waals surface area contributed by atoms with Gasteiger partial charge in [0.1, 0.15) is 17.5 Å². The van der Waals surface area contributed by atoms with Gasteiger partial charge < -0.3 is 10.6 Å². The first-order chi connectivity index (χ1) is 9.90. The molecule has 0 radical (unpaired) electrons. The van der Waals surface area contributed by atoms with Gasteiger partial charge in [0.05, 0.1) is 11.3 Å². The maximum Gasteiger partial charge on any atom is 0.256 e. The van der Waals surface area contributed by atoms with Crippen LogP contribution < -0.4 is 5.73 Å². The molecule has 21 heavy (non-hydrogen) atoms. The monoisotopic (exact) mass is 294 g/mol. The van der Waals surface area contributed by atoms with Gasteiger partial charge in [0.15, 0.2) is 0 Å². The van der Waals surface area contributed by atoms with E-state index in [1.54, 1.807) is 0 Å². The highest BCUT2D eigenvalue weighted by molar-refractivity contribution is 5.99. The Morgan fingerprint density at radius 2 is 1.86 bits per heavy atom. The summed E-state index contributed by atoms with van der Waals surface area (Å²) in [7, 11) is 1.43. The highest BCUT2D eigenvalue weighted by Crippen LogP contribution is 2.19. The van der Waals surface area contributed by atoms with Crippen LogP contribution >= 0.6 is 0 Å². The minimum absolute atomic E-state index is 0.0000184. The van der Waals surface area contributed by atoms with Crippen LogP contribution in [0.1, 0.15) is 15.9 Å². The summed E-state index contributed by atoms with van der Waals surface area (Å²) in [5, 5.41) is 0. The Balaban J connectivity index is 2.21. The third kappa shape index (κ3) is 3.16. The molecule has 3 nitrogen and oxygen atoms in total. The number of carbonyl (C=O) groups is 1. The number of carbonyl (C=O) groups excluding carboxylic acids is 1. The number of benzene rings is 2. The number of nitrogens with two attached hydrogens (primary N) is 1. The van der Waals surface area contributed by atoms with E-state index in [4.69, 9.17) is 5.73 Å². The summed E-state index contributed by atoms with van der Waals surface area (Å²) in [6.07, 6.45) is 0. The zero-order valence-corrected chi connectivity index (χ0v) is 11.2. The molecule has 2 rings (SSSR count). The third-order valence-corrected chi connectivity index (χ3v) is 3.05. The zero-order chi connectivity index (χ0) is 15.6. The Bertz CT molecular complexity index is 689. The quantitative estimate of drug-likeness (QED) is 0.885. The van der Waals surface area contributed by atoms with Gasteiger partial charge in [0.25, 0.3) is 5.91 Å². The first-order valence-corrected chi connectivity index (χ1v) is 6.13. The summed E-state index contributed by atoms with van der Waals surface area (Å²) in [6.45, 7) is -0.0824. The number of hydrogen-bond acceptors (Lipinski definition) is 2. The minimum atomic E-state index is -0.748. The second kappa shape index (κ2) is 5.87. The lowest BCUT2D eigenvalue weighted by atomic mass is 10.1. The van der Waals surface area contributed by atoms with Crippen molar-refractivity contribution in [2.24, 2.45) is 0 Å². The molecule has 0 heterocycles. The Morgan fingerprint density at radius 1 is 1.14 bits per heavy atom. The second-order valence-corrected chi connectivity index (χ2v) is 4.60. The van der Waals surface area contributed by atoms with E-state index in [2.05, 4.69) is 0 Å². The molecule has 2 aromatic carbocycles. The van der Waals surface area contributed by atoms with Gasteiger partial charge in [-0.25, -0.2) is 13.2 Å². The molecule has 0 saturated carbocycles. The lowest BCUT2D eigenvalue weighted by Gasteiger charge is -2.18. The van der Waals surface area contributed by atoms with Crippen LogP contribution in [0.2, 0.25) is 0 Å². The molecule has 0 aliphatic rings. The van der Waals surface area contributed by atoms with E-state index < -0.39 is 23.4 Å². The summed E-state index contributed by atoms with van der Waals surface area (Å²) < 4.78 is 39.7. The zero-order valence-electron chi connectivity index (χ0n) is 11.2. The molecule has 0 saturated heterocycles. The van der Waals surface area contributed by atoms with Crippen molar-refractivity contribution in [3.05, 3.63) is 65.0 Å². The van der Waals surface area contributed by atoms with Crippen molar-refractivity contribution in [1.29, 1.82) is 0 Å². The number of hydrogen-bond donors (Lipinski definition) is 1. The molecule has 0 unspecified atom stereocenters. The summed E-state index contributed by atoms with van der Waals surface area (Å²) in [6, 6.07) is 7.00. The predicted molar refractivity (Wildman–Crippen MR) is 73.0 cm³/mol. The number of halogens is 3. The first kappa shape index (κ1) is 14.9. The minimum Gasteiger partial charge on any atom is -0.396 e. The summed E-state index contributed by atoms with van der Waals surface area (Å²) in [5.41, 5.74) is 5.42. The molecule has 1 amide bonds. The molecule has 0 fully saturated rings. The van der Waals surface area contributed by atoms with Crippen molar-refractivity contribution >= 4 is 11.6 Å². The highest BCUT2D eigenvalue weighted by atomic mass is 19.1. The number of nitrogens with zero attached hydrogens (tertiary/aromatic N) is 1. The number of rotatable bonds is 3. The summed E-state index contributed by atoms with van der Waals surface area (Å²) in [5.74, 6) is -2.68. The van der Waals surface area contributed by atoms with Gasteiger partial charge in [-0.1, -0.05) is 12.1 Å². The Labute approximate surface area is 119 Å². The van der Waals surface area contributed by atoms with Gasteiger partial charge in [-0.2, -0.15) is 0 Å². The molecular weight excluding hydrogens is 281 g/mol. The molecule has 0 spiro atoms. The molecule has 0 aromatic heterocycles. The van der Waals surface area contributed by atoms with Crippen LogP contribution in [0.15, 0.2) is 36.4 Å². The standard InChI is InChI=1S/C15H13F3N2O/c1-20(8-9-5-6-10(16)7-13(9)18)15(21)11-3-2-4-12(17)14(11)19/h2-7H,8,19H2,1H3. The van der Waals surface area contributed by atoms with Crippen LogP contribution in [-0.4, -0.2) is 17.9 Å². The molecule has 0 atom stereocenters. The van der Waals surface area contributed by atoms with Crippen LogP contribution in [0.3, 0.4) is 0 Å². The predicted octanol–water partition coefficient (Wildman–Crippen LogP) is 2.96. The molecule has 6 heteroatoms. The number of para-hydroxylation sites is 1. The smallest absolute Gasteiger partial charge is 0.256 e. The Kier molecular flexibility index (Phi) is 4.16. The van der Waals surface area contributed by atoms with Gasteiger partial charge in [0, 0.05) is 25.2 Å². The molecule has 2 N–H and O–H groups in total. The lowest BCUT2D eigenvalue weighted by molar-refractivity contribution is 0.0784. The van der Waals surface area contributed by atoms with Gasteiger partial charge in [-0.05, 0) is 18.2 Å². The molecular formula is C15H13F3N2O. The van der Waals surface area contributed by atoms with Crippen LogP contribution in [-0.2, 0) is 6.54 Å². The average Bonchev–Trinajstić information content (AvgIpc) is 2.44. The van der Waals surface area contributed by atoms with E-state index in [0.29, 0.717) is 0 Å². The van der Waals surface area contributed by atoms with Crippen molar-refractivity contribution in [3.8, 4) is 0 Å². The van der Waals surface area contributed by atoms with E-state index in [0.717, 1.165) is 18.2 Å². The van der Waals surface area contributed by atoms with E-state index in [-0.39, 0.29) is 23.4 Å². The summed E-state index contributed by atoms with van der Waals surface area (Å²) in [4.78, 5) is 13.4. The van der Waals surface area contributed by atoms with Crippen LogP contribution in [0.4, 0.5) is 18.9 Å². The van der Waals surface area contributed by atoms with E-state index >= 15 is 0 Å². The second-order valence-electron chi connectivity index (χ2n) is 4.60. The topological polar surface area (TPSA) is 46.3 Å². The van der Waals surface area contributed by atoms with Crippen molar-refractivity contribution in [3.63, 3.8) is 0 Å². The molecule has 110 valence electrons. The summed E-state index contributed by atoms with van der Waals surface area (Å²) >= 11 is 0. The molecule has 2 aromatic rings. The van der Waals surface area contributed by atoms with E-state index in [1.165, 1.54) is 30.1 Å². The van der Waals surface area contributed by atoms with Gasteiger partial charge in [0.2, 0.25) is 0 Å². The van der Waals surface area contributed by atoms with Crippen LogP contribution in [0, 0.1) is 17.5 Å². The normalized spacial score (nSPS) is 10.5. The van der Waals surface area contributed by atoms with E-state index in [9.17, 15) is 18.0 Å².